The zero-order valence-corrected chi connectivity index (χ0v) is 18.3. The monoisotopic (exact) mass is 472 g/mol. The van der Waals surface area contributed by atoms with Crippen molar-refractivity contribution < 1.29 is 35.9 Å². The van der Waals surface area contributed by atoms with Crippen molar-refractivity contribution in [2.24, 2.45) is 0 Å². The third-order valence-electron chi connectivity index (χ3n) is 4.52. The highest BCUT2D eigenvalue weighted by molar-refractivity contribution is 7.93. The maximum Gasteiger partial charge on any atom is 0.573 e. The minimum absolute atomic E-state index is 0.0290. The molecule has 0 unspecified atom stereocenters. The highest BCUT2D eigenvalue weighted by Gasteiger charge is 2.32. The lowest BCUT2D eigenvalue weighted by atomic mass is 10.0. The SMILES string of the molecule is CC(C)Oc1ccc(NS(=O)(=O)CC(=O)N2CCCc3cc(OC(F)(F)F)ccc32)cc1. The number of sulfonamides is 1. The Morgan fingerprint density at radius 1 is 1.12 bits per heavy atom. The molecule has 0 atom stereocenters. The van der Waals surface area contributed by atoms with Gasteiger partial charge in [-0.2, -0.15) is 0 Å². The van der Waals surface area contributed by atoms with Crippen LogP contribution in [0.5, 0.6) is 11.5 Å². The standard InChI is InChI=1S/C21H23F3N2O5S/c1-14(2)30-17-7-5-16(6-8-17)25-32(28,29)13-20(27)26-11-3-4-15-12-18(9-10-19(15)26)31-21(22,23)24/h5-10,12,14,25H,3-4,11,13H2,1-2H3. The van der Waals surface area contributed by atoms with Gasteiger partial charge in [0.05, 0.1) is 6.10 Å². The van der Waals surface area contributed by atoms with Crippen LogP contribution in [0.15, 0.2) is 42.5 Å². The highest BCUT2D eigenvalue weighted by Crippen LogP contribution is 2.33. The normalized spacial score (nSPS) is 14.1. The van der Waals surface area contributed by atoms with Gasteiger partial charge in [-0.05, 0) is 74.7 Å². The van der Waals surface area contributed by atoms with E-state index in [9.17, 15) is 26.4 Å². The number of carbonyl (C=O) groups excluding carboxylic acids is 1. The molecule has 1 aliphatic heterocycles. The molecular weight excluding hydrogens is 449 g/mol. The molecule has 1 aliphatic rings. The number of hydrogen-bond donors (Lipinski definition) is 1. The first-order valence-electron chi connectivity index (χ1n) is 9.88. The zero-order chi connectivity index (χ0) is 23.5. The Labute approximate surface area is 184 Å². The largest absolute Gasteiger partial charge is 0.573 e. The van der Waals surface area contributed by atoms with Gasteiger partial charge in [-0.25, -0.2) is 8.42 Å². The van der Waals surface area contributed by atoms with E-state index >= 15 is 0 Å². The summed E-state index contributed by atoms with van der Waals surface area (Å²) in [6.07, 6.45) is -3.92. The number of nitrogens with one attached hydrogen (secondary N) is 1. The molecule has 174 valence electrons. The van der Waals surface area contributed by atoms with Crippen LogP contribution in [0.3, 0.4) is 0 Å². The molecule has 0 radical (unpaired) electrons. The summed E-state index contributed by atoms with van der Waals surface area (Å²) in [7, 11) is -4.01. The molecule has 1 amide bonds. The molecular formula is C21H23F3N2O5S. The number of aryl methyl sites for hydroxylation is 1. The van der Waals surface area contributed by atoms with Gasteiger partial charge in [-0.3, -0.25) is 9.52 Å². The third-order valence-corrected chi connectivity index (χ3v) is 5.69. The number of hydrogen-bond acceptors (Lipinski definition) is 5. The predicted molar refractivity (Wildman–Crippen MR) is 113 cm³/mol. The molecule has 2 aromatic rings. The zero-order valence-electron chi connectivity index (χ0n) is 17.5. The van der Waals surface area contributed by atoms with E-state index in [2.05, 4.69) is 9.46 Å². The van der Waals surface area contributed by atoms with Crippen LogP contribution in [0.2, 0.25) is 0 Å². The number of benzene rings is 2. The maximum absolute atomic E-state index is 12.7. The lowest BCUT2D eigenvalue weighted by molar-refractivity contribution is -0.274. The van der Waals surface area contributed by atoms with Gasteiger partial charge in [0.2, 0.25) is 15.9 Å². The number of amides is 1. The fraction of sp³-hybridized carbons (Fsp3) is 0.381. The van der Waals surface area contributed by atoms with Gasteiger partial charge in [0.15, 0.2) is 0 Å². The van der Waals surface area contributed by atoms with Gasteiger partial charge in [-0.15, -0.1) is 13.2 Å². The van der Waals surface area contributed by atoms with E-state index in [1.165, 1.54) is 29.2 Å². The Kier molecular flexibility index (Phi) is 6.87. The number of carbonyl (C=O) groups is 1. The van der Waals surface area contributed by atoms with E-state index in [0.29, 0.717) is 29.8 Å². The first kappa shape index (κ1) is 23.7. The Bertz CT molecular complexity index is 1070. The molecule has 7 nitrogen and oxygen atoms in total. The van der Waals surface area contributed by atoms with Crippen LogP contribution in [-0.4, -0.2) is 39.1 Å². The summed E-state index contributed by atoms with van der Waals surface area (Å²) in [4.78, 5) is 14.0. The minimum Gasteiger partial charge on any atom is -0.491 e. The maximum atomic E-state index is 12.7. The van der Waals surface area contributed by atoms with Crippen LogP contribution in [-0.2, 0) is 21.2 Å². The molecule has 1 heterocycles. The third kappa shape index (κ3) is 6.52. The summed E-state index contributed by atoms with van der Waals surface area (Å²) < 4.78 is 74.1. The number of anilines is 2. The topological polar surface area (TPSA) is 84.9 Å². The summed E-state index contributed by atoms with van der Waals surface area (Å²) in [6.45, 7) is 4.00. The highest BCUT2D eigenvalue weighted by atomic mass is 32.2. The molecule has 1 N–H and O–H groups in total. The summed E-state index contributed by atoms with van der Waals surface area (Å²) in [5.41, 5.74) is 1.14. The van der Waals surface area contributed by atoms with E-state index < -0.39 is 28.0 Å². The Morgan fingerprint density at radius 2 is 1.78 bits per heavy atom. The van der Waals surface area contributed by atoms with E-state index in [4.69, 9.17) is 4.74 Å². The first-order chi connectivity index (χ1) is 14.9. The fourth-order valence-electron chi connectivity index (χ4n) is 3.36. The van der Waals surface area contributed by atoms with Crippen molar-refractivity contribution in [1.29, 1.82) is 0 Å². The van der Waals surface area contributed by atoms with Crippen molar-refractivity contribution in [3.05, 3.63) is 48.0 Å². The number of halogens is 3. The molecule has 0 saturated heterocycles. The van der Waals surface area contributed by atoms with Crippen molar-refractivity contribution >= 4 is 27.3 Å². The van der Waals surface area contributed by atoms with Crippen LogP contribution in [0.4, 0.5) is 24.5 Å². The molecule has 32 heavy (non-hydrogen) atoms. The minimum atomic E-state index is -4.82. The van der Waals surface area contributed by atoms with E-state index in [0.717, 1.165) is 6.07 Å². The molecule has 0 bridgehead atoms. The number of nitrogens with zero attached hydrogens (tertiary/aromatic N) is 1. The van der Waals surface area contributed by atoms with Gasteiger partial charge < -0.3 is 14.4 Å². The van der Waals surface area contributed by atoms with Crippen LogP contribution < -0.4 is 19.1 Å². The average Bonchev–Trinajstić information content (AvgIpc) is 2.66. The van der Waals surface area contributed by atoms with Crippen molar-refractivity contribution in [2.75, 3.05) is 21.9 Å². The number of fused-ring (bicyclic) bond motifs is 1. The summed E-state index contributed by atoms with van der Waals surface area (Å²) >= 11 is 0. The van der Waals surface area contributed by atoms with Crippen molar-refractivity contribution in [3.8, 4) is 11.5 Å². The van der Waals surface area contributed by atoms with Gasteiger partial charge in [-0.1, -0.05) is 0 Å². The van der Waals surface area contributed by atoms with E-state index in [1.54, 1.807) is 12.1 Å². The van der Waals surface area contributed by atoms with Gasteiger partial charge in [0.1, 0.15) is 17.3 Å². The van der Waals surface area contributed by atoms with Crippen molar-refractivity contribution in [1.82, 2.24) is 0 Å². The molecule has 0 fully saturated rings. The summed E-state index contributed by atoms with van der Waals surface area (Å²) in [5, 5.41) is 0. The second-order valence-corrected chi connectivity index (χ2v) is 9.26. The van der Waals surface area contributed by atoms with Gasteiger partial charge in [0, 0.05) is 17.9 Å². The second kappa shape index (κ2) is 9.27. The Balaban J connectivity index is 1.69. The molecule has 0 saturated carbocycles. The molecule has 3 rings (SSSR count). The molecule has 2 aromatic carbocycles. The van der Waals surface area contributed by atoms with E-state index in [-0.39, 0.29) is 24.1 Å². The molecule has 11 heteroatoms. The van der Waals surface area contributed by atoms with Crippen LogP contribution >= 0.6 is 0 Å². The number of rotatable bonds is 7. The molecule has 0 aliphatic carbocycles. The lowest BCUT2D eigenvalue weighted by Gasteiger charge is -2.30. The smallest absolute Gasteiger partial charge is 0.491 e. The van der Waals surface area contributed by atoms with Crippen LogP contribution in [0.25, 0.3) is 0 Å². The lowest BCUT2D eigenvalue weighted by Crippen LogP contribution is -2.40. The average molecular weight is 472 g/mol. The second-order valence-electron chi connectivity index (χ2n) is 7.54. The fourth-order valence-corrected chi connectivity index (χ4v) is 4.41. The molecule has 0 spiro atoms. The van der Waals surface area contributed by atoms with Crippen molar-refractivity contribution in [2.45, 2.75) is 39.2 Å². The summed E-state index contributed by atoms with van der Waals surface area (Å²) in [6, 6.07) is 9.93. The Hall–Kier alpha value is -2.95. The van der Waals surface area contributed by atoms with Crippen molar-refractivity contribution in [3.63, 3.8) is 0 Å². The number of alkyl halides is 3. The molecule has 0 aromatic heterocycles. The first-order valence-corrected chi connectivity index (χ1v) is 11.5. The summed E-state index contributed by atoms with van der Waals surface area (Å²) in [5.74, 6) is -1.29. The quantitative estimate of drug-likeness (QED) is 0.656. The Morgan fingerprint density at radius 3 is 2.41 bits per heavy atom. The van der Waals surface area contributed by atoms with Crippen LogP contribution in [0, 0.1) is 0 Å². The van der Waals surface area contributed by atoms with Crippen LogP contribution in [0.1, 0.15) is 25.8 Å². The van der Waals surface area contributed by atoms with E-state index in [1.807, 2.05) is 13.8 Å². The van der Waals surface area contributed by atoms with Gasteiger partial charge in [0.25, 0.3) is 0 Å². The van der Waals surface area contributed by atoms with Gasteiger partial charge >= 0.3 is 6.36 Å². The number of ether oxygens (including phenoxy) is 2. The predicted octanol–water partition coefficient (Wildman–Crippen LogP) is 4.09.